The van der Waals surface area contributed by atoms with E-state index in [9.17, 15) is 0 Å². The van der Waals surface area contributed by atoms with Crippen LogP contribution in [-0.4, -0.2) is 0 Å². The summed E-state index contributed by atoms with van der Waals surface area (Å²) in [6.45, 7) is 9.71. The molecule has 0 nitrogen and oxygen atoms in total. The molecular formula is C11H22. The number of rotatable bonds is 0. The third-order valence-electron chi connectivity index (χ3n) is 4.06. The summed E-state index contributed by atoms with van der Waals surface area (Å²) in [5.41, 5.74) is 0.580. The summed E-state index contributed by atoms with van der Waals surface area (Å²) >= 11 is 0. The maximum absolute atomic E-state index is 2.44. The molecule has 0 heterocycles. The van der Waals surface area contributed by atoms with E-state index < -0.39 is 0 Å². The highest BCUT2D eigenvalue weighted by Crippen LogP contribution is 2.42. The van der Waals surface area contributed by atoms with E-state index in [0.717, 1.165) is 11.8 Å². The molecule has 0 spiro atoms. The van der Waals surface area contributed by atoms with Crippen LogP contribution in [0.4, 0.5) is 0 Å². The molecular weight excluding hydrogens is 132 g/mol. The van der Waals surface area contributed by atoms with Crippen molar-refractivity contribution < 1.29 is 0 Å². The van der Waals surface area contributed by atoms with Gasteiger partial charge in [-0.1, -0.05) is 53.4 Å². The Morgan fingerprint density at radius 3 is 1.64 bits per heavy atom. The minimum Gasteiger partial charge on any atom is -0.0620 e. The largest absolute Gasteiger partial charge is 0.0620 e. The summed E-state index contributed by atoms with van der Waals surface area (Å²) in [7, 11) is 0. The molecule has 0 aromatic rings. The first kappa shape index (κ1) is 9.09. The van der Waals surface area contributed by atoms with Crippen LogP contribution in [0.3, 0.4) is 0 Å². The summed E-state index contributed by atoms with van der Waals surface area (Å²) in [6, 6.07) is 0. The molecule has 11 heavy (non-hydrogen) atoms. The Labute approximate surface area is 71.4 Å². The number of hydrogen-bond donors (Lipinski definition) is 0. The Morgan fingerprint density at radius 2 is 1.27 bits per heavy atom. The molecule has 1 aliphatic rings. The molecule has 1 rings (SSSR count). The van der Waals surface area contributed by atoms with Crippen molar-refractivity contribution in [2.45, 2.75) is 53.4 Å². The van der Waals surface area contributed by atoms with Gasteiger partial charge in [0.2, 0.25) is 0 Å². The van der Waals surface area contributed by atoms with Crippen molar-refractivity contribution >= 4 is 0 Å². The molecule has 0 N–H and O–H groups in total. The molecule has 0 radical (unpaired) electrons. The fraction of sp³-hybridized carbons (Fsp3) is 1.00. The first-order valence-corrected chi connectivity index (χ1v) is 5.05. The molecule has 0 bridgehead atoms. The Kier molecular flexibility index (Phi) is 2.61. The summed E-state index contributed by atoms with van der Waals surface area (Å²) in [5, 5.41) is 0. The van der Waals surface area contributed by atoms with Crippen molar-refractivity contribution in [3.8, 4) is 0 Å². The molecule has 1 fully saturated rings. The summed E-state index contributed by atoms with van der Waals surface area (Å²) < 4.78 is 0. The van der Waals surface area contributed by atoms with E-state index in [1.165, 1.54) is 25.7 Å². The van der Waals surface area contributed by atoms with Gasteiger partial charge in [-0.2, -0.15) is 0 Å². The predicted octanol–water partition coefficient (Wildman–Crippen LogP) is 3.86. The van der Waals surface area contributed by atoms with Crippen LogP contribution in [0, 0.1) is 17.3 Å². The van der Waals surface area contributed by atoms with Crippen LogP contribution in [0.5, 0.6) is 0 Å². The molecule has 2 unspecified atom stereocenters. The highest BCUT2D eigenvalue weighted by molar-refractivity contribution is 4.83. The van der Waals surface area contributed by atoms with E-state index in [2.05, 4.69) is 27.7 Å². The molecule has 0 heteroatoms. The van der Waals surface area contributed by atoms with Gasteiger partial charge in [0.15, 0.2) is 0 Å². The lowest BCUT2D eigenvalue weighted by Crippen LogP contribution is -2.27. The van der Waals surface area contributed by atoms with Crippen LogP contribution in [0.1, 0.15) is 53.4 Å². The Balaban J connectivity index is 2.67. The predicted molar refractivity (Wildman–Crippen MR) is 50.6 cm³/mol. The molecule has 66 valence electrons. The van der Waals surface area contributed by atoms with Gasteiger partial charge in [0.1, 0.15) is 0 Å². The zero-order valence-corrected chi connectivity index (χ0v) is 8.48. The van der Waals surface area contributed by atoms with Crippen LogP contribution in [0.15, 0.2) is 0 Å². The average molecular weight is 154 g/mol. The van der Waals surface area contributed by atoms with Crippen molar-refractivity contribution in [3.63, 3.8) is 0 Å². The van der Waals surface area contributed by atoms with Crippen molar-refractivity contribution in [1.29, 1.82) is 0 Å². The molecule has 1 saturated carbocycles. The Hall–Kier alpha value is 0. The lowest BCUT2D eigenvalue weighted by atomic mass is 9.70. The van der Waals surface area contributed by atoms with Gasteiger partial charge in [0.25, 0.3) is 0 Å². The molecule has 0 saturated heterocycles. The molecule has 0 aromatic carbocycles. The molecule has 0 amide bonds. The van der Waals surface area contributed by atoms with E-state index >= 15 is 0 Å². The zero-order valence-electron chi connectivity index (χ0n) is 8.48. The summed E-state index contributed by atoms with van der Waals surface area (Å²) in [5.74, 6) is 1.83. The van der Waals surface area contributed by atoms with Crippen LogP contribution >= 0.6 is 0 Å². The van der Waals surface area contributed by atoms with Gasteiger partial charge in [-0.25, -0.2) is 0 Å². The van der Waals surface area contributed by atoms with Crippen molar-refractivity contribution in [2.24, 2.45) is 17.3 Å². The van der Waals surface area contributed by atoms with Crippen molar-refractivity contribution in [2.75, 3.05) is 0 Å². The maximum Gasteiger partial charge on any atom is -0.0303 e. The SMILES string of the molecule is CC1CCCCC(C)C1(C)C. The second kappa shape index (κ2) is 3.16. The minimum atomic E-state index is 0.580. The first-order chi connectivity index (χ1) is 5.05. The highest BCUT2D eigenvalue weighted by atomic mass is 14.4. The molecule has 2 atom stereocenters. The van der Waals surface area contributed by atoms with Gasteiger partial charge >= 0.3 is 0 Å². The van der Waals surface area contributed by atoms with E-state index in [1.807, 2.05) is 0 Å². The van der Waals surface area contributed by atoms with Gasteiger partial charge in [-0.05, 0) is 17.3 Å². The quantitative estimate of drug-likeness (QED) is 0.465. The molecule has 0 aromatic heterocycles. The van der Waals surface area contributed by atoms with E-state index in [4.69, 9.17) is 0 Å². The normalized spacial score (nSPS) is 38.2. The van der Waals surface area contributed by atoms with Crippen LogP contribution in [-0.2, 0) is 0 Å². The maximum atomic E-state index is 2.44. The second-order valence-electron chi connectivity index (χ2n) is 4.91. The summed E-state index contributed by atoms with van der Waals surface area (Å²) in [4.78, 5) is 0. The van der Waals surface area contributed by atoms with Gasteiger partial charge < -0.3 is 0 Å². The second-order valence-corrected chi connectivity index (χ2v) is 4.91. The van der Waals surface area contributed by atoms with E-state index in [-0.39, 0.29) is 0 Å². The van der Waals surface area contributed by atoms with E-state index in [0.29, 0.717) is 5.41 Å². The smallest absolute Gasteiger partial charge is 0.0303 e. The van der Waals surface area contributed by atoms with Gasteiger partial charge in [-0.3, -0.25) is 0 Å². The zero-order chi connectivity index (χ0) is 8.48. The Morgan fingerprint density at radius 1 is 0.909 bits per heavy atom. The van der Waals surface area contributed by atoms with Crippen LogP contribution in [0.2, 0.25) is 0 Å². The lowest BCUT2D eigenvalue weighted by molar-refractivity contribution is 0.142. The minimum absolute atomic E-state index is 0.580. The highest BCUT2D eigenvalue weighted by Gasteiger charge is 2.32. The fourth-order valence-electron chi connectivity index (χ4n) is 2.13. The average Bonchev–Trinajstić information content (AvgIpc) is 2.03. The van der Waals surface area contributed by atoms with Crippen LogP contribution < -0.4 is 0 Å². The number of hydrogen-bond acceptors (Lipinski definition) is 0. The lowest BCUT2D eigenvalue weighted by Gasteiger charge is -2.35. The van der Waals surface area contributed by atoms with Crippen LogP contribution in [0.25, 0.3) is 0 Å². The first-order valence-electron chi connectivity index (χ1n) is 5.05. The fourth-order valence-corrected chi connectivity index (χ4v) is 2.13. The van der Waals surface area contributed by atoms with Crippen molar-refractivity contribution in [3.05, 3.63) is 0 Å². The Bertz CT molecular complexity index is 110. The standard InChI is InChI=1S/C11H22/c1-9-7-5-6-8-10(2)11(9,3)4/h9-10H,5-8H2,1-4H3. The van der Waals surface area contributed by atoms with E-state index in [1.54, 1.807) is 0 Å². The topological polar surface area (TPSA) is 0 Å². The monoisotopic (exact) mass is 154 g/mol. The third kappa shape index (κ3) is 1.77. The van der Waals surface area contributed by atoms with Crippen molar-refractivity contribution in [1.82, 2.24) is 0 Å². The van der Waals surface area contributed by atoms with Gasteiger partial charge in [0, 0.05) is 0 Å². The molecule has 1 aliphatic carbocycles. The van der Waals surface area contributed by atoms with Gasteiger partial charge in [-0.15, -0.1) is 0 Å². The molecule has 0 aliphatic heterocycles. The third-order valence-corrected chi connectivity index (χ3v) is 4.06. The van der Waals surface area contributed by atoms with Gasteiger partial charge in [0.05, 0.1) is 0 Å². The summed E-state index contributed by atoms with van der Waals surface area (Å²) in [6.07, 6.45) is 5.79.